The molecule has 1 N–H and O–H groups in total. The first-order valence-corrected chi connectivity index (χ1v) is 5.57. The number of fused-ring (bicyclic) bond motifs is 1. The molecule has 2 heterocycles. The van der Waals surface area contributed by atoms with Crippen LogP contribution in [0.4, 0.5) is 0 Å². The highest BCUT2D eigenvalue weighted by Gasteiger charge is 2.26. The molecule has 0 atom stereocenters. The number of amides is 1. The van der Waals surface area contributed by atoms with E-state index < -0.39 is 0 Å². The molecule has 0 aliphatic heterocycles. The van der Waals surface area contributed by atoms with Crippen LogP contribution in [0.25, 0.3) is 5.52 Å². The maximum absolute atomic E-state index is 11.8. The van der Waals surface area contributed by atoms with E-state index in [9.17, 15) is 4.79 Å². The first kappa shape index (κ1) is 9.66. The molecular formula is C11H10ClN3O. The highest BCUT2D eigenvalue weighted by molar-refractivity contribution is 6.36. The Bertz CT molecular complexity index is 559. The first-order valence-electron chi connectivity index (χ1n) is 5.19. The zero-order chi connectivity index (χ0) is 11.1. The highest BCUT2D eigenvalue weighted by atomic mass is 35.5. The van der Waals surface area contributed by atoms with E-state index in [1.165, 1.54) is 0 Å². The number of nitrogens with one attached hydrogen (secondary N) is 1. The summed E-state index contributed by atoms with van der Waals surface area (Å²) in [5.41, 5.74) is 1.06. The molecule has 1 aliphatic carbocycles. The minimum absolute atomic E-state index is 0.184. The Labute approximate surface area is 97.2 Å². The Morgan fingerprint density at radius 2 is 2.31 bits per heavy atom. The Morgan fingerprint density at radius 1 is 1.50 bits per heavy atom. The Morgan fingerprint density at radius 3 is 3.00 bits per heavy atom. The van der Waals surface area contributed by atoms with Gasteiger partial charge in [0.15, 0.2) is 5.69 Å². The summed E-state index contributed by atoms with van der Waals surface area (Å²) in [6.45, 7) is 0. The molecule has 2 aromatic heterocycles. The molecular weight excluding hydrogens is 226 g/mol. The van der Waals surface area contributed by atoms with Crippen LogP contribution in [0.2, 0.25) is 5.02 Å². The van der Waals surface area contributed by atoms with Crippen LogP contribution < -0.4 is 5.32 Å². The lowest BCUT2D eigenvalue weighted by Crippen LogP contribution is -2.26. The second-order valence-corrected chi connectivity index (χ2v) is 4.32. The highest BCUT2D eigenvalue weighted by Crippen LogP contribution is 2.24. The van der Waals surface area contributed by atoms with Crippen LogP contribution in [0.1, 0.15) is 23.3 Å². The third-order valence-electron chi connectivity index (χ3n) is 2.61. The predicted octanol–water partition coefficient (Wildman–Crippen LogP) is 1.88. The van der Waals surface area contributed by atoms with Crippen LogP contribution in [0.3, 0.4) is 0 Å². The van der Waals surface area contributed by atoms with Gasteiger partial charge in [-0.1, -0.05) is 17.7 Å². The normalized spacial score (nSPS) is 15.3. The zero-order valence-corrected chi connectivity index (χ0v) is 9.24. The fourth-order valence-corrected chi connectivity index (χ4v) is 1.87. The smallest absolute Gasteiger partial charge is 0.273 e. The van der Waals surface area contributed by atoms with Gasteiger partial charge in [-0.3, -0.25) is 4.79 Å². The van der Waals surface area contributed by atoms with Gasteiger partial charge in [-0.25, -0.2) is 4.52 Å². The van der Waals surface area contributed by atoms with Crippen molar-refractivity contribution in [2.45, 2.75) is 18.9 Å². The van der Waals surface area contributed by atoms with Gasteiger partial charge in [0.2, 0.25) is 0 Å². The molecule has 1 amide bonds. The summed E-state index contributed by atoms with van der Waals surface area (Å²) in [5.74, 6) is -0.184. The number of nitrogens with zero attached hydrogens (tertiary/aromatic N) is 2. The van der Waals surface area contributed by atoms with Crippen molar-refractivity contribution in [2.24, 2.45) is 0 Å². The number of hydrogen-bond donors (Lipinski definition) is 1. The minimum Gasteiger partial charge on any atom is -0.348 e. The van der Waals surface area contributed by atoms with E-state index in [-0.39, 0.29) is 5.91 Å². The number of pyridine rings is 1. The summed E-state index contributed by atoms with van der Waals surface area (Å²) in [4.78, 5) is 11.8. The van der Waals surface area contributed by atoms with Crippen molar-refractivity contribution in [3.63, 3.8) is 0 Å². The van der Waals surface area contributed by atoms with Gasteiger partial charge in [-0.15, -0.1) is 0 Å². The minimum atomic E-state index is -0.184. The number of carbonyl (C=O) groups is 1. The van der Waals surface area contributed by atoms with Gasteiger partial charge in [0.25, 0.3) is 5.91 Å². The molecule has 5 heteroatoms. The lowest BCUT2D eigenvalue weighted by Gasteiger charge is -1.98. The van der Waals surface area contributed by atoms with Crippen LogP contribution in [0.5, 0.6) is 0 Å². The molecule has 0 unspecified atom stereocenters. The molecule has 0 bridgehead atoms. The standard InChI is InChI=1S/C11H10ClN3O/c12-9-8-3-1-2-6-15(8)14-10(9)11(16)13-7-4-5-7/h1-3,6-7H,4-5H2,(H,13,16). The summed E-state index contributed by atoms with van der Waals surface area (Å²) in [6, 6.07) is 5.86. The summed E-state index contributed by atoms with van der Waals surface area (Å²) in [7, 11) is 0. The van der Waals surface area contributed by atoms with E-state index in [4.69, 9.17) is 11.6 Å². The molecule has 1 fully saturated rings. The molecule has 0 aromatic carbocycles. The van der Waals surface area contributed by atoms with E-state index in [0.717, 1.165) is 18.4 Å². The van der Waals surface area contributed by atoms with Crippen LogP contribution >= 0.6 is 11.6 Å². The number of rotatable bonds is 2. The average Bonchev–Trinajstić information content (AvgIpc) is 3.03. The maximum atomic E-state index is 11.8. The van der Waals surface area contributed by atoms with Gasteiger partial charge < -0.3 is 5.32 Å². The Hall–Kier alpha value is -1.55. The molecule has 0 radical (unpaired) electrons. The first-order chi connectivity index (χ1) is 7.75. The van der Waals surface area contributed by atoms with Crippen LogP contribution in [-0.4, -0.2) is 21.6 Å². The largest absolute Gasteiger partial charge is 0.348 e. The third kappa shape index (κ3) is 1.55. The summed E-state index contributed by atoms with van der Waals surface area (Å²) < 4.78 is 1.62. The number of halogens is 1. The van der Waals surface area contributed by atoms with Crippen LogP contribution in [0.15, 0.2) is 24.4 Å². The molecule has 16 heavy (non-hydrogen) atoms. The average molecular weight is 236 g/mol. The fraction of sp³-hybridized carbons (Fsp3) is 0.273. The van der Waals surface area contributed by atoms with E-state index in [0.29, 0.717) is 16.8 Å². The van der Waals surface area contributed by atoms with E-state index in [2.05, 4.69) is 10.4 Å². The van der Waals surface area contributed by atoms with E-state index in [1.54, 1.807) is 10.7 Å². The molecule has 0 saturated heterocycles. The molecule has 0 spiro atoms. The van der Waals surface area contributed by atoms with E-state index >= 15 is 0 Å². The second-order valence-electron chi connectivity index (χ2n) is 3.94. The lowest BCUT2D eigenvalue weighted by molar-refractivity contribution is 0.0946. The monoisotopic (exact) mass is 235 g/mol. The van der Waals surface area contributed by atoms with Crippen LogP contribution in [-0.2, 0) is 0 Å². The summed E-state index contributed by atoms with van der Waals surface area (Å²) in [6.07, 6.45) is 3.88. The predicted molar refractivity (Wildman–Crippen MR) is 60.7 cm³/mol. The quantitative estimate of drug-likeness (QED) is 0.864. The summed E-state index contributed by atoms with van der Waals surface area (Å²) in [5, 5.41) is 7.45. The van der Waals surface area contributed by atoms with Crippen molar-refractivity contribution in [1.29, 1.82) is 0 Å². The SMILES string of the molecule is O=C(NC1CC1)c1nn2ccccc2c1Cl. The third-order valence-corrected chi connectivity index (χ3v) is 2.98. The van der Waals surface area contributed by atoms with Crippen molar-refractivity contribution >= 4 is 23.0 Å². The van der Waals surface area contributed by atoms with Crippen molar-refractivity contribution in [3.05, 3.63) is 35.1 Å². The van der Waals surface area contributed by atoms with Gasteiger partial charge >= 0.3 is 0 Å². The topological polar surface area (TPSA) is 46.4 Å². The molecule has 82 valence electrons. The van der Waals surface area contributed by atoms with Crippen molar-refractivity contribution in [3.8, 4) is 0 Å². The zero-order valence-electron chi connectivity index (χ0n) is 8.48. The molecule has 1 aliphatic rings. The number of carbonyl (C=O) groups excluding carboxylic acids is 1. The van der Waals surface area contributed by atoms with Crippen molar-refractivity contribution in [1.82, 2.24) is 14.9 Å². The van der Waals surface area contributed by atoms with Gasteiger partial charge in [0.1, 0.15) is 0 Å². The van der Waals surface area contributed by atoms with Gasteiger partial charge in [-0.05, 0) is 25.0 Å². The Balaban J connectivity index is 2.02. The molecule has 1 saturated carbocycles. The number of aromatic nitrogens is 2. The molecule has 3 rings (SSSR count). The van der Waals surface area contributed by atoms with Gasteiger partial charge in [0, 0.05) is 12.2 Å². The van der Waals surface area contributed by atoms with Gasteiger partial charge in [0.05, 0.1) is 10.5 Å². The number of hydrogen-bond acceptors (Lipinski definition) is 2. The van der Waals surface area contributed by atoms with E-state index in [1.807, 2.05) is 18.2 Å². The van der Waals surface area contributed by atoms with Crippen molar-refractivity contribution < 1.29 is 4.79 Å². The summed E-state index contributed by atoms with van der Waals surface area (Å²) >= 11 is 6.11. The van der Waals surface area contributed by atoms with Crippen molar-refractivity contribution in [2.75, 3.05) is 0 Å². The van der Waals surface area contributed by atoms with Crippen LogP contribution in [0, 0.1) is 0 Å². The lowest BCUT2D eigenvalue weighted by atomic mass is 10.3. The molecule has 4 nitrogen and oxygen atoms in total. The fourth-order valence-electron chi connectivity index (χ4n) is 1.59. The maximum Gasteiger partial charge on any atom is 0.273 e. The second kappa shape index (κ2) is 3.49. The molecule has 2 aromatic rings. The Kier molecular flexibility index (Phi) is 2.11. The van der Waals surface area contributed by atoms with Gasteiger partial charge in [-0.2, -0.15) is 5.10 Å².